The smallest absolute Gasteiger partial charge is 0.272 e. The molecule has 2 N–H and O–H groups in total. The van der Waals surface area contributed by atoms with E-state index in [9.17, 15) is 23.3 Å². The first kappa shape index (κ1) is 19.5. The number of hydrogen-bond donors (Lipinski definition) is 1. The Balaban J connectivity index is 2.24. The van der Waals surface area contributed by atoms with Crippen LogP contribution < -0.4 is 5.14 Å². The van der Waals surface area contributed by atoms with Crippen LogP contribution in [-0.4, -0.2) is 31.2 Å². The normalized spacial score (nSPS) is 12.5. The average molecular weight is 377 g/mol. The second-order valence-corrected chi connectivity index (χ2v) is 7.53. The van der Waals surface area contributed by atoms with E-state index in [1.807, 2.05) is 0 Å². The Kier molecular flexibility index (Phi) is 5.43. The molecule has 1 amide bonds. The standard InChI is InChI=1S/C17H19N3O5S/c1-11-10-14(6-9-16(11)20(22)23)17(21)19(3)12(2)13-4-7-15(8-5-13)26(18,24)25/h4-10,12H,1-3H3,(H2,18,24,25). The van der Waals surface area contributed by atoms with Gasteiger partial charge in [0.15, 0.2) is 0 Å². The molecular weight excluding hydrogens is 358 g/mol. The van der Waals surface area contributed by atoms with Crippen molar-refractivity contribution in [1.82, 2.24) is 4.90 Å². The minimum absolute atomic E-state index is 0.00609. The van der Waals surface area contributed by atoms with Crippen LogP contribution >= 0.6 is 0 Å². The predicted molar refractivity (Wildman–Crippen MR) is 96.2 cm³/mol. The zero-order valence-corrected chi connectivity index (χ0v) is 15.4. The summed E-state index contributed by atoms with van der Waals surface area (Å²) < 4.78 is 22.6. The van der Waals surface area contributed by atoms with E-state index in [0.29, 0.717) is 11.1 Å². The number of rotatable bonds is 5. The highest BCUT2D eigenvalue weighted by Gasteiger charge is 2.21. The summed E-state index contributed by atoms with van der Waals surface area (Å²) in [6.45, 7) is 3.37. The summed E-state index contributed by atoms with van der Waals surface area (Å²) in [7, 11) is -2.17. The number of nitro benzene ring substituents is 1. The summed E-state index contributed by atoms with van der Waals surface area (Å²) in [5.41, 5.74) is 1.42. The van der Waals surface area contributed by atoms with Crippen LogP contribution in [0.3, 0.4) is 0 Å². The van der Waals surface area contributed by atoms with Crippen molar-refractivity contribution in [3.05, 3.63) is 69.3 Å². The predicted octanol–water partition coefficient (Wildman–Crippen LogP) is 2.38. The third-order valence-corrected chi connectivity index (χ3v) is 5.16. The molecule has 0 aliphatic heterocycles. The lowest BCUT2D eigenvalue weighted by Crippen LogP contribution is -2.29. The van der Waals surface area contributed by atoms with E-state index in [1.165, 1.54) is 35.2 Å². The van der Waals surface area contributed by atoms with E-state index in [0.717, 1.165) is 5.56 Å². The summed E-state index contributed by atoms with van der Waals surface area (Å²) >= 11 is 0. The number of amides is 1. The molecule has 0 saturated carbocycles. The lowest BCUT2D eigenvalue weighted by molar-refractivity contribution is -0.385. The maximum atomic E-state index is 12.7. The fourth-order valence-corrected chi connectivity index (χ4v) is 3.05. The van der Waals surface area contributed by atoms with Gasteiger partial charge >= 0.3 is 0 Å². The highest BCUT2D eigenvalue weighted by molar-refractivity contribution is 7.89. The number of carbonyl (C=O) groups excluding carboxylic acids is 1. The molecule has 138 valence electrons. The summed E-state index contributed by atoms with van der Waals surface area (Å²) in [5, 5.41) is 16.0. The lowest BCUT2D eigenvalue weighted by atomic mass is 10.0. The molecule has 8 nitrogen and oxygen atoms in total. The van der Waals surface area contributed by atoms with Crippen LogP contribution in [-0.2, 0) is 10.0 Å². The van der Waals surface area contributed by atoms with Crippen molar-refractivity contribution in [3.8, 4) is 0 Å². The lowest BCUT2D eigenvalue weighted by Gasteiger charge is -2.25. The van der Waals surface area contributed by atoms with Gasteiger partial charge in [-0.3, -0.25) is 14.9 Å². The van der Waals surface area contributed by atoms with Crippen molar-refractivity contribution in [1.29, 1.82) is 0 Å². The van der Waals surface area contributed by atoms with Crippen molar-refractivity contribution in [2.24, 2.45) is 5.14 Å². The van der Waals surface area contributed by atoms with E-state index in [4.69, 9.17) is 5.14 Å². The number of primary sulfonamides is 1. The van der Waals surface area contributed by atoms with Crippen LogP contribution in [0.2, 0.25) is 0 Å². The van der Waals surface area contributed by atoms with Gasteiger partial charge in [0.05, 0.1) is 15.9 Å². The molecule has 2 rings (SSSR count). The first-order valence-electron chi connectivity index (χ1n) is 7.67. The molecule has 0 bridgehead atoms. The molecule has 0 radical (unpaired) electrons. The van der Waals surface area contributed by atoms with Gasteiger partial charge in [-0.1, -0.05) is 12.1 Å². The van der Waals surface area contributed by atoms with Gasteiger partial charge in [-0.15, -0.1) is 0 Å². The van der Waals surface area contributed by atoms with E-state index in [-0.39, 0.29) is 22.5 Å². The topological polar surface area (TPSA) is 124 Å². The molecule has 0 heterocycles. The summed E-state index contributed by atoms with van der Waals surface area (Å²) in [6, 6.07) is 9.82. The van der Waals surface area contributed by atoms with Crippen molar-refractivity contribution >= 4 is 21.6 Å². The van der Waals surface area contributed by atoms with Gasteiger partial charge in [-0.25, -0.2) is 13.6 Å². The Bertz CT molecular complexity index is 955. The SMILES string of the molecule is Cc1cc(C(=O)N(C)C(C)c2ccc(S(N)(=O)=O)cc2)ccc1[N+](=O)[O-]. The molecule has 0 spiro atoms. The van der Waals surface area contributed by atoms with Crippen LogP contribution in [0.25, 0.3) is 0 Å². The molecule has 0 saturated heterocycles. The molecule has 1 unspecified atom stereocenters. The van der Waals surface area contributed by atoms with Gasteiger partial charge in [0.1, 0.15) is 0 Å². The van der Waals surface area contributed by atoms with Crippen LogP contribution in [0.15, 0.2) is 47.4 Å². The molecule has 26 heavy (non-hydrogen) atoms. The van der Waals surface area contributed by atoms with Gasteiger partial charge in [0.25, 0.3) is 11.6 Å². The maximum Gasteiger partial charge on any atom is 0.272 e. The second-order valence-electron chi connectivity index (χ2n) is 5.96. The van der Waals surface area contributed by atoms with E-state index in [1.54, 1.807) is 33.0 Å². The van der Waals surface area contributed by atoms with Gasteiger partial charge in [0.2, 0.25) is 10.0 Å². The van der Waals surface area contributed by atoms with E-state index >= 15 is 0 Å². The van der Waals surface area contributed by atoms with Crippen LogP contribution in [0, 0.1) is 17.0 Å². The van der Waals surface area contributed by atoms with Gasteiger partial charge in [-0.05, 0) is 43.7 Å². The number of nitrogens with zero attached hydrogens (tertiary/aromatic N) is 2. The van der Waals surface area contributed by atoms with Crippen molar-refractivity contribution < 1.29 is 18.1 Å². The number of nitrogens with two attached hydrogens (primary N) is 1. The monoisotopic (exact) mass is 377 g/mol. The minimum atomic E-state index is -3.78. The Morgan fingerprint density at radius 3 is 2.23 bits per heavy atom. The molecule has 0 fully saturated rings. The number of benzene rings is 2. The minimum Gasteiger partial charge on any atom is -0.335 e. The van der Waals surface area contributed by atoms with Gasteiger partial charge in [-0.2, -0.15) is 0 Å². The number of sulfonamides is 1. The summed E-state index contributed by atoms with van der Waals surface area (Å²) in [5.74, 6) is -0.300. The number of carbonyl (C=O) groups is 1. The molecule has 0 aromatic heterocycles. The zero-order valence-electron chi connectivity index (χ0n) is 14.5. The Labute approximate surface area is 151 Å². The van der Waals surface area contributed by atoms with Crippen LogP contribution in [0.1, 0.15) is 34.5 Å². The van der Waals surface area contributed by atoms with Crippen molar-refractivity contribution in [2.75, 3.05) is 7.05 Å². The number of nitro groups is 1. The van der Waals surface area contributed by atoms with Crippen LogP contribution in [0.5, 0.6) is 0 Å². The highest BCUT2D eigenvalue weighted by atomic mass is 32.2. The number of hydrogen-bond acceptors (Lipinski definition) is 5. The quantitative estimate of drug-likeness (QED) is 0.633. The molecule has 1 atom stereocenters. The molecule has 9 heteroatoms. The average Bonchev–Trinajstić information content (AvgIpc) is 2.58. The first-order valence-corrected chi connectivity index (χ1v) is 9.22. The molecule has 0 aliphatic carbocycles. The fourth-order valence-electron chi connectivity index (χ4n) is 2.53. The summed E-state index contributed by atoms with van der Waals surface area (Å²) in [6.07, 6.45) is 0. The summed E-state index contributed by atoms with van der Waals surface area (Å²) in [4.78, 5) is 24.5. The van der Waals surface area contributed by atoms with Crippen molar-refractivity contribution in [3.63, 3.8) is 0 Å². The third-order valence-electron chi connectivity index (χ3n) is 4.23. The Hall–Kier alpha value is -2.78. The Morgan fingerprint density at radius 2 is 1.77 bits per heavy atom. The largest absolute Gasteiger partial charge is 0.335 e. The van der Waals surface area contributed by atoms with Crippen molar-refractivity contribution in [2.45, 2.75) is 24.8 Å². The van der Waals surface area contributed by atoms with Gasteiger partial charge < -0.3 is 4.90 Å². The second kappa shape index (κ2) is 7.22. The third kappa shape index (κ3) is 4.06. The molecule has 0 aliphatic rings. The van der Waals surface area contributed by atoms with E-state index < -0.39 is 14.9 Å². The first-order chi connectivity index (χ1) is 12.0. The number of aryl methyl sites for hydroxylation is 1. The maximum absolute atomic E-state index is 12.7. The molecule has 2 aromatic carbocycles. The molecule has 2 aromatic rings. The molecular formula is C17H19N3O5S. The van der Waals surface area contributed by atoms with Crippen LogP contribution in [0.4, 0.5) is 5.69 Å². The Morgan fingerprint density at radius 1 is 1.19 bits per heavy atom. The fraction of sp³-hybridized carbons (Fsp3) is 0.235. The van der Waals surface area contributed by atoms with Gasteiger partial charge in [0, 0.05) is 24.2 Å². The highest BCUT2D eigenvalue weighted by Crippen LogP contribution is 2.24. The van der Waals surface area contributed by atoms with E-state index in [2.05, 4.69) is 0 Å². The zero-order chi connectivity index (χ0) is 19.6.